The van der Waals surface area contributed by atoms with Crippen LogP contribution in [-0.4, -0.2) is 51.8 Å². The Kier molecular flexibility index (Phi) is 4.07. The van der Waals surface area contributed by atoms with Gasteiger partial charge in [0.2, 0.25) is 5.91 Å². The summed E-state index contributed by atoms with van der Waals surface area (Å²) >= 11 is 0. The van der Waals surface area contributed by atoms with Crippen molar-refractivity contribution in [2.24, 2.45) is 0 Å². The second kappa shape index (κ2) is 5.89. The van der Waals surface area contributed by atoms with Gasteiger partial charge in [-0.2, -0.15) is 8.42 Å². The van der Waals surface area contributed by atoms with Crippen LogP contribution < -0.4 is 9.80 Å². The van der Waals surface area contributed by atoms with Crippen LogP contribution in [0.4, 0.5) is 15.3 Å². The molecule has 0 aromatic heterocycles. The SMILES string of the molecule is O=C1COCCN1c1ccc(N2CC(S(=O)(=O)F)CC2=O)cc1. The Balaban J connectivity index is 1.77. The number of ether oxygens (including phenoxy) is 1. The first-order valence-electron chi connectivity index (χ1n) is 7.08. The van der Waals surface area contributed by atoms with E-state index in [0.29, 0.717) is 24.5 Å². The van der Waals surface area contributed by atoms with Gasteiger partial charge in [0.1, 0.15) is 11.9 Å². The minimum absolute atomic E-state index is 0.0302. The van der Waals surface area contributed by atoms with E-state index in [1.54, 1.807) is 29.2 Å². The minimum Gasteiger partial charge on any atom is -0.370 e. The van der Waals surface area contributed by atoms with Gasteiger partial charge < -0.3 is 14.5 Å². The Morgan fingerprint density at radius 3 is 2.17 bits per heavy atom. The molecule has 0 aliphatic carbocycles. The summed E-state index contributed by atoms with van der Waals surface area (Å²) in [5, 5.41) is -1.32. The predicted molar refractivity (Wildman–Crippen MR) is 80.4 cm³/mol. The number of hydrogen-bond donors (Lipinski definition) is 0. The lowest BCUT2D eigenvalue weighted by Gasteiger charge is -2.27. The maximum Gasteiger partial charge on any atom is 0.307 e. The van der Waals surface area contributed by atoms with Gasteiger partial charge in [-0.3, -0.25) is 9.59 Å². The van der Waals surface area contributed by atoms with E-state index in [4.69, 9.17) is 4.74 Å². The van der Waals surface area contributed by atoms with Crippen molar-refractivity contribution in [3.8, 4) is 0 Å². The topological polar surface area (TPSA) is 84.0 Å². The van der Waals surface area contributed by atoms with Crippen molar-refractivity contribution in [1.82, 2.24) is 0 Å². The molecule has 2 amide bonds. The van der Waals surface area contributed by atoms with E-state index in [1.807, 2.05) is 0 Å². The van der Waals surface area contributed by atoms with Crippen molar-refractivity contribution in [2.45, 2.75) is 11.7 Å². The number of amides is 2. The number of anilines is 2. The lowest BCUT2D eigenvalue weighted by molar-refractivity contribution is -0.125. The molecule has 23 heavy (non-hydrogen) atoms. The molecule has 0 spiro atoms. The van der Waals surface area contributed by atoms with Crippen LogP contribution in [0.5, 0.6) is 0 Å². The largest absolute Gasteiger partial charge is 0.370 e. The molecule has 124 valence electrons. The highest BCUT2D eigenvalue weighted by Crippen LogP contribution is 2.28. The van der Waals surface area contributed by atoms with Gasteiger partial charge in [0.25, 0.3) is 5.91 Å². The lowest BCUT2D eigenvalue weighted by atomic mass is 10.2. The Labute approximate surface area is 132 Å². The summed E-state index contributed by atoms with van der Waals surface area (Å²) in [7, 11) is -4.74. The summed E-state index contributed by atoms with van der Waals surface area (Å²) in [4.78, 5) is 26.5. The average molecular weight is 342 g/mol. The third-order valence-corrected chi connectivity index (χ3v) is 5.06. The summed E-state index contributed by atoms with van der Waals surface area (Å²) in [6.45, 7) is 0.729. The second-order valence-electron chi connectivity index (χ2n) is 5.42. The number of nitrogens with zero attached hydrogens (tertiary/aromatic N) is 2. The van der Waals surface area contributed by atoms with E-state index in [2.05, 4.69) is 0 Å². The van der Waals surface area contributed by atoms with E-state index >= 15 is 0 Å². The van der Waals surface area contributed by atoms with Crippen molar-refractivity contribution in [2.75, 3.05) is 36.1 Å². The standard InChI is InChI=1S/C14H15FN2O5S/c15-23(20,21)12-7-13(18)17(8-12)11-3-1-10(2-4-11)16-5-6-22-9-14(16)19/h1-4,12H,5-9H2. The molecular weight excluding hydrogens is 327 g/mol. The highest BCUT2D eigenvalue weighted by Gasteiger charge is 2.39. The number of morpholine rings is 1. The van der Waals surface area contributed by atoms with Crippen molar-refractivity contribution >= 4 is 33.4 Å². The zero-order chi connectivity index (χ0) is 16.6. The fourth-order valence-corrected chi connectivity index (χ4v) is 3.39. The van der Waals surface area contributed by atoms with Gasteiger partial charge in [0.15, 0.2) is 0 Å². The van der Waals surface area contributed by atoms with E-state index in [9.17, 15) is 21.9 Å². The second-order valence-corrected chi connectivity index (χ2v) is 7.04. The van der Waals surface area contributed by atoms with Crippen LogP contribution in [0.15, 0.2) is 24.3 Å². The molecule has 2 heterocycles. The molecule has 2 aliphatic heterocycles. The summed E-state index contributed by atoms with van der Waals surface area (Å²) in [5.41, 5.74) is 1.15. The highest BCUT2D eigenvalue weighted by molar-refractivity contribution is 7.87. The van der Waals surface area contributed by atoms with Gasteiger partial charge in [-0.15, -0.1) is 3.89 Å². The number of carbonyl (C=O) groups excluding carboxylic acids is 2. The molecule has 9 heteroatoms. The monoisotopic (exact) mass is 342 g/mol. The van der Waals surface area contributed by atoms with E-state index in [-0.39, 0.29) is 25.5 Å². The first-order valence-corrected chi connectivity index (χ1v) is 8.53. The molecule has 2 fully saturated rings. The first-order chi connectivity index (χ1) is 10.9. The number of rotatable bonds is 3. The smallest absolute Gasteiger partial charge is 0.307 e. The fourth-order valence-electron chi connectivity index (χ4n) is 2.72. The zero-order valence-corrected chi connectivity index (χ0v) is 13.0. The van der Waals surface area contributed by atoms with E-state index in [1.165, 1.54) is 4.90 Å². The molecular formula is C14H15FN2O5S. The number of hydrogen-bond acceptors (Lipinski definition) is 5. The van der Waals surface area contributed by atoms with Crippen molar-refractivity contribution in [3.05, 3.63) is 24.3 Å². The number of benzene rings is 1. The number of halogens is 1. The van der Waals surface area contributed by atoms with Crippen LogP contribution >= 0.6 is 0 Å². The summed E-state index contributed by atoms with van der Waals surface area (Å²) in [6.07, 6.45) is -0.359. The van der Waals surface area contributed by atoms with Gasteiger partial charge in [0, 0.05) is 30.9 Å². The maximum absolute atomic E-state index is 13.0. The number of carbonyl (C=O) groups is 2. The van der Waals surface area contributed by atoms with Crippen LogP contribution in [0, 0.1) is 0 Å². The first kappa shape index (κ1) is 15.9. The van der Waals surface area contributed by atoms with Gasteiger partial charge in [-0.25, -0.2) is 0 Å². The van der Waals surface area contributed by atoms with Crippen LogP contribution in [0.25, 0.3) is 0 Å². The molecule has 0 saturated carbocycles. The van der Waals surface area contributed by atoms with Crippen molar-refractivity contribution < 1.29 is 26.6 Å². The summed E-state index contributed by atoms with van der Waals surface area (Å²) in [5.74, 6) is -0.587. The highest BCUT2D eigenvalue weighted by atomic mass is 32.3. The zero-order valence-electron chi connectivity index (χ0n) is 12.1. The van der Waals surface area contributed by atoms with Gasteiger partial charge in [-0.05, 0) is 24.3 Å². The molecule has 2 saturated heterocycles. The predicted octanol–water partition coefficient (Wildman–Crippen LogP) is 0.454. The van der Waals surface area contributed by atoms with Crippen LogP contribution in [0.1, 0.15) is 6.42 Å². The molecule has 1 aromatic carbocycles. The summed E-state index contributed by atoms with van der Waals surface area (Å²) < 4.78 is 40.0. The van der Waals surface area contributed by atoms with Crippen LogP contribution in [-0.2, 0) is 24.5 Å². The Morgan fingerprint density at radius 2 is 1.65 bits per heavy atom. The maximum atomic E-state index is 13.0. The molecule has 7 nitrogen and oxygen atoms in total. The Hall–Kier alpha value is -2.00. The molecule has 1 unspecified atom stereocenters. The molecule has 1 atom stereocenters. The van der Waals surface area contributed by atoms with E-state index < -0.39 is 21.4 Å². The Morgan fingerprint density at radius 1 is 1.04 bits per heavy atom. The van der Waals surface area contributed by atoms with Gasteiger partial charge in [-0.1, -0.05) is 0 Å². The third kappa shape index (κ3) is 3.20. The van der Waals surface area contributed by atoms with Gasteiger partial charge >= 0.3 is 10.2 Å². The average Bonchev–Trinajstić information content (AvgIpc) is 2.90. The van der Waals surface area contributed by atoms with E-state index in [0.717, 1.165) is 0 Å². The van der Waals surface area contributed by atoms with Crippen molar-refractivity contribution in [3.63, 3.8) is 0 Å². The molecule has 0 radical (unpaired) electrons. The van der Waals surface area contributed by atoms with Crippen LogP contribution in [0.2, 0.25) is 0 Å². The quantitative estimate of drug-likeness (QED) is 0.745. The molecule has 0 N–H and O–H groups in total. The molecule has 3 rings (SSSR count). The fraction of sp³-hybridized carbons (Fsp3) is 0.429. The molecule has 2 aliphatic rings. The third-order valence-electron chi connectivity index (χ3n) is 3.95. The normalized spacial score (nSPS) is 22.7. The summed E-state index contributed by atoms with van der Waals surface area (Å²) in [6, 6.07) is 6.57. The van der Waals surface area contributed by atoms with Gasteiger partial charge in [0.05, 0.1) is 6.61 Å². The molecule has 0 bridgehead atoms. The van der Waals surface area contributed by atoms with Crippen LogP contribution in [0.3, 0.4) is 0 Å². The van der Waals surface area contributed by atoms with Crippen molar-refractivity contribution in [1.29, 1.82) is 0 Å². The Bertz CT molecular complexity index is 734. The molecule has 1 aromatic rings. The lowest BCUT2D eigenvalue weighted by Crippen LogP contribution is -2.41. The minimum atomic E-state index is -4.74.